The highest BCUT2D eigenvalue weighted by Crippen LogP contribution is 2.26. The normalized spacial score (nSPS) is 19.1. The van der Waals surface area contributed by atoms with Gasteiger partial charge in [0.15, 0.2) is 0 Å². The molecule has 0 aromatic rings. The van der Waals surface area contributed by atoms with Gasteiger partial charge >= 0.3 is 0 Å². The molecule has 0 heterocycles. The first kappa shape index (κ1) is 14.3. The summed E-state index contributed by atoms with van der Waals surface area (Å²) in [5.74, 6) is 0.532. The van der Waals surface area contributed by atoms with E-state index in [0.717, 1.165) is 25.7 Å². The number of carbonyl (C=O) groups is 1. The number of hydrogen-bond acceptors (Lipinski definition) is 4. The predicted molar refractivity (Wildman–Crippen MR) is 68.6 cm³/mol. The first-order valence-electron chi connectivity index (χ1n) is 6.10. The van der Waals surface area contributed by atoms with Crippen LogP contribution in [-0.2, 0) is 4.79 Å². The van der Waals surface area contributed by atoms with E-state index in [9.17, 15) is 9.90 Å². The average molecular weight is 256 g/mol. The van der Waals surface area contributed by atoms with Gasteiger partial charge in [0.05, 0.1) is 23.2 Å². The van der Waals surface area contributed by atoms with Gasteiger partial charge in [-0.1, -0.05) is 25.7 Å². The third kappa shape index (κ3) is 5.94. The highest BCUT2D eigenvalue weighted by molar-refractivity contribution is 8.00. The maximum Gasteiger partial charge on any atom is 0.230 e. The molecule has 96 valence electrons. The Morgan fingerprint density at radius 3 is 2.59 bits per heavy atom. The number of rotatable bonds is 5. The van der Waals surface area contributed by atoms with Crippen LogP contribution in [0.15, 0.2) is 0 Å². The molecule has 0 saturated heterocycles. The molecule has 0 spiro atoms. The number of aliphatic hydroxyl groups is 1. The Morgan fingerprint density at radius 2 is 2.00 bits per heavy atom. The molecule has 0 radical (unpaired) electrons. The topological polar surface area (TPSA) is 73.1 Å². The predicted octanol–water partition coefficient (Wildman–Crippen LogP) is 1.44. The minimum Gasteiger partial charge on any atom is -0.388 e. The van der Waals surface area contributed by atoms with Crippen LogP contribution in [0.25, 0.3) is 0 Å². The summed E-state index contributed by atoms with van der Waals surface area (Å²) < 4.78 is 0. The average Bonchev–Trinajstić information content (AvgIpc) is 2.53. The Hall–Kier alpha value is -0.730. The van der Waals surface area contributed by atoms with Gasteiger partial charge in [0.1, 0.15) is 0 Å². The van der Waals surface area contributed by atoms with E-state index in [4.69, 9.17) is 5.26 Å². The maximum atomic E-state index is 11.4. The minimum absolute atomic E-state index is 0.0945. The number of nitrogens with one attached hydrogen (secondary N) is 1. The number of nitriles is 1. The van der Waals surface area contributed by atoms with Crippen LogP contribution in [0.1, 0.15) is 38.5 Å². The SMILES string of the molecule is N#CCSCC(=O)NCC1(O)CCCCCC1. The summed E-state index contributed by atoms with van der Waals surface area (Å²) in [5.41, 5.74) is -0.716. The van der Waals surface area contributed by atoms with E-state index in [-0.39, 0.29) is 5.91 Å². The maximum absolute atomic E-state index is 11.4. The van der Waals surface area contributed by atoms with Crippen LogP contribution in [0.5, 0.6) is 0 Å². The first-order valence-corrected chi connectivity index (χ1v) is 7.25. The van der Waals surface area contributed by atoms with Crippen molar-refractivity contribution in [1.82, 2.24) is 5.32 Å². The Bertz CT molecular complexity index is 281. The number of nitrogens with zero attached hydrogens (tertiary/aromatic N) is 1. The molecule has 17 heavy (non-hydrogen) atoms. The summed E-state index contributed by atoms with van der Waals surface area (Å²) in [6, 6.07) is 1.98. The second-order valence-corrected chi connectivity index (χ2v) is 5.55. The third-order valence-electron chi connectivity index (χ3n) is 3.05. The van der Waals surface area contributed by atoms with Crippen LogP contribution in [0, 0.1) is 11.3 Å². The lowest BCUT2D eigenvalue weighted by Crippen LogP contribution is -2.43. The van der Waals surface area contributed by atoms with E-state index >= 15 is 0 Å². The van der Waals surface area contributed by atoms with E-state index in [1.54, 1.807) is 0 Å². The Balaban J connectivity index is 2.23. The van der Waals surface area contributed by atoms with Crippen molar-refractivity contribution in [3.8, 4) is 6.07 Å². The lowest BCUT2D eigenvalue weighted by Gasteiger charge is -2.26. The molecular weight excluding hydrogens is 236 g/mol. The standard InChI is InChI=1S/C12H20N2O2S/c13-7-8-17-9-11(15)14-10-12(16)5-3-1-2-4-6-12/h16H,1-6,8-10H2,(H,14,15). The molecule has 0 atom stereocenters. The van der Waals surface area contributed by atoms with Gasteiger partial charge in [-0.2, -0.15) is 5.26 Å². The van der Waals surface area contributed by atoms with Crippen molar-refractivity contribution in [3.63, 3.8) is 0 Å². The molecule has 0 aliphatic heterocycles. The summed E-state index contributed by atoms with van der Waals surface area (Å²) in [5, 5.41) is 21.4. The molecule has 0 unspecified atom stereocenters. The van der Waals surface area contributed by atoms with Crippen LogP contribution in [0.4, 0.5) is 0 Å². The van der Waals surface area contributed by atoms with E-state index in [0.29, 0.717) is 18.1 Å². The summed E-state index contributed by atoms with van der Waals surface area (Å²) in [6.45, 7) is 0.346. The van der Waals surface area contributed by atoms with Gasteiger partial charge in [0.2, 0.25) is 5.91 Å². The van der Waals surface area contributed by atoms with Crippen molar-refractivity contribution >= 4 is 17.7 Å². The van der Waals surface area contributed by atoms with E-state index in [1.807, 2.05) is 6.07 Å². The molecule has 4 nitrogen and oxygen atoms in total. The smallest absolute Gasteiger partial charge is 0.230 e. The van der Waals surface area contributed by atoms with Crippen molar-refractivity contribution in [2.75, 3.05) is 18.1 Å². The highest BCUT2D eigenvalue weighted by atomic mass is 32.2. The molecule has 1 amide bonds. The Labute approximate surface area is 107 Å². The molecule has 0 aromatic carbocycles. The number of hydrogen-bond donors (Lipinski definition) is 2. The number of thioether (sulfide) groups is 1. The second-order valence-electron chi connectivity index (χ2n) is 4.57. The molecule has 1 saturated carbocycles. The van der Waals surface area contributed by atoms with Gasteiger partial charge < -0.3 is 10.4 Å². The van der Waals surface area contributed by atoms with E-state index in [2.05, 4.69) is 5.32 Å². The lowest BCUT2D eigenvalue weighted by molar-refractivity contribution is -0.120. The zero-order chi connectivity index (χ0) is 12.6. The van der Waals surface area contributed by atoms with Crippen LogP contribution in [0.3, 0.4) is 0 Å². The molecule has 0 aromatic heterocycles. The molecule has 5 heteroatoms. The van der Waals surface area contributed by atoms with Crippen LogP contribution in [-0.4, -0.2) is 34.7 Å². The number of carbonyl (C=O) groups excluding carboxylic acids is 1. The van der Waals surface area contributed by atoms with Gasteiger partial charge in [-0.25, -0.2) is 0 Å². The van der Waals surface area contributed by atoms with Crippen molar-refractivity contribution in [2.45, 2.75) is 44.1 Å². The fraction of sp³-hybridized carbons (Fsp3) is 0.833. The fourth-order valence-corrected chi connectivity index (χ4v) is 2.55. The summed E-state index contributed by atoms with van der Waals surface area (Å²) in [7, 11) is 0. The molecule has 2 N–H and O–H groups in total. The second kappa shape index (κ2) is 7.57. The van der Waals surface area contributed by atoms with Crippen LogP contribution < -0.4 is 5.32 Å². The van der Waals surface area contributed by atoms with Gasteiger partial charge in [-0.05, 0) is 12.8 Å². The summed E-state index contributed by atoms with van der Waals surface area (Å²) >= 11 is 1.30. The molecule has 0 bridgehead atoms. The van der Waals surface area contributed by atoms with Gasteiger partial charge in [-0.15, -0.1) is 11.8 Å². The van der Waals surface area contributed by atoms with Crippen LogP contribution in [0.2, 0.25) is 0 Å². The molecule has 1 aliphatic carbocycles. The lowest BCUT2D eigenvalue weighted by atomic mass is 9.94. The fourth-order valence-electron chi connectivity index (χ4n) is 2.07. The molecule has 1 rings (SSSR count). The van der Waals surface area contributed by atoms with Crippen LogP contribution >= 0.6 is 11.8 Å². The highest BCUT2D eigenvalue weighted by Gasteiger charge is 2.28. The van der Waals surface area contributed by atoms with E-state index < -0.39 is 5.60 Å². The monoisotopic (exact) mass is 256 g/mol. The van der Waals surface area contributed by atoms with Crippen molar-refractivity contribution in [2.24, 2.45) is 0 Å². The van der Waals surface area contributed by atoms with Gasteiger partial charge in [0, 0.05) is 6.54 Å². The van der Waals surface area contributed by atoms with Gasteiger partial charge in [0.25, 0.3) is 0 Å². The molecule has 1 fully saturated rings. The third-order valence-corrected chi connectivity index (χ3v) is 3.85. The van der Waals surface area contributed by atoms with Crippen molar-refractivity contribution in [1.29, 1.82) is 5.26 Å². The zero-order valence-corrected chi connectivity index (χ0v) is 10.9. The summed E-state index contributed by atoms with van der Waals surface area (Å²) in [6.07, 6.45) is 5.98. The first-order chi connectivity index (χ1) is 8.16. The molecule has 1 aliphatic rings. The van der Waals surface area contributed by atoms with Gasteiger partial charge in [-0.3, -0.25) is 4.79 Å². The molecular formula is C12H20N2O2S. The van der Waals surface area contributed by atoms with Crippen molar-refractivity contribution < 1.29 is 9.90 Å². The van der Waals surface area contributed by atoms with Crippen molar-refractivity contribution in [3.05, 3.63) is 0 Å². The van der Waals surface area contributed by atoms with E-state index in [1.165, 1.54) is 24.6 Å². The number of amides is 1. The largest absolute Gasteiger partial charge is 0.388 e. The zero-order valence-electron chi connectivity index (χ0n) is 10.1. The Kier molecular flexibility index (Phi) is 6.38. The Morgan fingerprint density at radius 1 is 1.35 bits per heavy atom. The minimum atomic E-state index is -0.716. The quantitative estimate of drug-likeness (QED) is 0.577. The summed E-state index contributed by atoms with van der Waals surface area (Å²) in [4.78, 5) is 11.4.